The number of pyridine rings is 2. The standard InChI is InChI=1S/C14H9F3N4O2/c15-14(16,17)10-5-1-3-8(18-10)7-12-20-13(21-23-12)9-4-2-6-11(22)19-9/h1-6H,7H2,(H,19,22). The molecule has 1 N–H and O–H groups in total. The second kappa shape index (κ2) is 5.67. The topological polar surface area (TPSA) is 84.7 Å². The van der Waals surface area contributed by atoms with E-state index in [2.05, 4.69) is 20.1 Å². The van der Waals surface area contributed by atoms with Crippen molar-refractivity contribution in [1.82, 2.24) is 20.1 Å². The smallest absolute Gasteiger partial charge is 0.338 e. The molecule has 0 bridgehead atoms. The Morgan fingerprint density at radius 2 is 1.87 bits per heavy atom. The monoisotopic (exact) mass is 322 g/mol. The molecule has 0 spiro atoms. The number of nitrogens with zero attached hydrogens (tertiary/aromatic N) is 3. The molecule has 118 valence electrons. The number of hydrogen-bond donors (Lipinski definition) is 1. The minimum absolute atomic E-state index is 0.0476. The summed E-state index contributed by atoms with van der Waals surface area (Å²) in [6.07, 6.45) is -4.56. The van der Waals surface area contributed by atoms with Gasteiger partial charge in [-0.05, 0) is 18.2 Å². The maximum absolute atomic E-state index is 12.6. The quantitative estimate of drug-likeness (QED) is 0.800. The fourth-order valence-electron chi connectivity index (χ4n) is 1.91. The molecule has 3 heterocycles. The van der Waals surface area contributed by atoms with Gasteiger partial charge in [0, 0.05) is 6.07 Å². The maximum atomic E-state index is 12.6. The molecule has 0 amide bonds. The van der Waals surface area contributed by atoms with E-state index in [1.54, 1.807) is 6.07 Å². The first-order valence-corrected chi connectivity index (χ1v) is 6.47. The minimum atomic E-state index is -4.51. The molecule has 0 atom stereocenters. The van der Waals surface area contributed by atoms with Crippen LogP contribution in [0.15, 0.2) is 45.7 Å². The average molecular weight is 322 g/mol. The highest BCUT2D eigenvalue weighted by Crippen LogP contribution is 2.27. The van der Waals surface area contributed by atoms with Crippen LogP contribution in [-0.4, -0.2) is 20.1 Å². The fourth-order valence-corrected chi connectivity index (χ4v) is 1.91. The summed E-state index contributed by atoms with van der Waals surface area (Å²) in [6.45, 7) is 0. The molecule has 3 aromatic heterocycles. The molecule has 0 saturated carbocycles. The lowest BCUT2D eigenvalue weighted by molar-refractivity contribution is -0.141. The number of H-pyrrole nitrogens is 1. The first-order chi connectivity index (χ1) is 10.9. The van der Waals surface area contributed by atoms with Crippen molar-refractivity contribution in [3.8, 4) is 11.5 Å². The summed E-state index contributed by atoms with van der Waals surface area (Å²) in [5, 5.41) is 3.69. The van der Waals surface area contributed by atoms with Gasteiger partial charge in [-0.15, -0.1) is 0 Å². The zero-order valence-corrected chi connectivity index (χ0v) is 11.5. The van der Waals surface area contributed by atoms with Crippen molar-refractivity contribution in [2.24, 2.45) is 0 Å². The van der Waals surface area contributed by atoms with Crippen molar-refractivity contribution in [3.63, 3.8) is 0 Å². The number of halogens is 3. The summed E-state index contributed by atoms with van der Waals surface area (Å²) < 4.78 is 42.9. The van der Waals surface area contributed by atoms with E-state index < -0.39 is 11.9 Å². The van der Waals surface area contributed by atoms with Crippen LogP contribution in [0.3, 0.4) is 0 Å². The Labute approximate surface area is 127 Å². The molecule has 0 aromatic carbocycles. The van der Waals surface area contributed by atoms with Gasteiger partial charge in [0.1, 0.15) is 5.69 Å². The first-order valence-electron chi connectivity index (χ1n) is 6.47. The third kappa shape index (κ3) is 3.44. The Bertz CT molecular complexity index is 886. The van der Waals surface area contributed by atoms with Gasteiger partial charge in [-0.1, -0.05) is 17.3 Å². The van der Waals surface area contributed by atoms with E-state index in [0.29, 0.717) is 5.69 Å². The average Bonchev–Trinajstić information content (AvgIpc) is 2.95. The van der Waals surface area contributed by atoms with Gasteiger partial charge in [0.25, 0.3) is 0 Å². The summed E-state index contributed by atoms with van der Waals surface area (Å²) in [6, 6.07) is 8.02. The van der Waals surface area contributed by atoms with Gasteiger partial charge in [0.2, 0.25) is 17.3 Å². The fraction of sp³-hybridized carbons (Fsp3) is 0.143. The molecule has 23 heavy (non-hydrogen) atoms. The van der Waals surface area contributed by atoms with Crippen molar-refractivity contribution in [1.29, 1.82) is 0 Å². The molecule has 0 aliphatic rings. The second-order valence-electron chi connectivity index (χ2n) is 4.63. The van der Waals surface area contributed by atoms with Gasteiger partial charge in [-0.2, -0.15) is 18.2 Å². The second-order valence-corrected chi connectivity index (χ2v) is 4.63. The third-order valence-corrected chi connectivity index (χ3v) is 2.91. The van der Waals surface area contributed by atoms with Crippen molar-refractivity contribution in [2.75, 3.05) is 0 Å². The van der Waals surface area contributed by atoms with Gasteiger partial charge < -0.3 is 9.51 Å². The van der Waals surface area contributed by atoms with E-state index in [4.69, 9.17) is 4.52 Å². The van der Waals surface area contributed by atoms with Crippen LogP contribution >= 0.6 is 0 Å². The summed E-state index contributed by atoms with van der Waals surface area (Å²) in [5.41, 5.74) is -0.809. The lowest BCUT2D eigenvalue weighted by Crippen LogP contribution is -2.09. The van der Waals surface area contributed by atoms with E-state index in [0.717, 1.165) is 6.07 Å². The van der Waals surface area contributed by atoms with E-state index in [-0.39, 0.29) is 29.4 Å². The molecular weight excluding hydrogens is 313 g/mol. The number of alkyl halides is 3. The summed E-state index contributed by atoms with van der Waals surface area (Å²) in [7, 11) is 0. The van der Waals surface area contributed by atoms with Gasteiger partial charge in [0.15, 0.2) is 0 Å². The molecule has 6 nitrogen and oxygen atoms in total. The van der Waals surface area contributed by atoms with E-state index in [9.17, 15) is 18.0 Å². The maximum Gasteiger partial charge on any atom is 0.433 e. The molecule has 9 heteroatoms. The van der Waals surface area contributed by atoms with Gasteiger partial charge in [-0.3, -0.25) is 4.79 Å². The Hall–Kier alpha value is -2.97. The van der Waals surface area contributed by atoms with Gasteiger partial charge in [-0.25, -0.2) is 4.98 Å². The SMILES string of the molecule is O=c1cccc(-c2noc(Cc3cccc(C(F)(F)F)n3)n2)[nH]1. The molecule has 0 radical (unpaired) electrons. The Morgan fingerprint density at radius 3 is 2.61 bits per heavy atom. The van der Waals surface area contributed by atoms with Crippen molar-refractivity contribution < 1.29 is 17.7 Å². The van der Waals surface area contributed by atoms with Gasteiger partial charge in [0.05, 0.1) is 17.8 Å². The Kier molecular flexibility index (Phi) is 3.68. The van der Waals surface area contributed by atoms with Crippen LogP contribution in [0, 0.1) is 0 Å². The van der Waals surface area contributed by atoms with Crippen LogP contribution < -0.4 is 5.56 Å². The summed E-state index contributed by atoms with van der Waals surface area (Å²) >= 11 is 0. The minimum Gasteiger partial charge on any atom is -0.338 e. The van der Waals surface area contributed by atoms with E-state index >= 15 is 0 Å². The number of rotatable bonds is 3. The molecule has 0 aliphatic heterocycles. The predicted molar refractivity (Wildman–Crippen MR) is 72.4 cm³/mol. The van der Waals surface area contributed by atoms with Crippen LogP contribution in [-0.2, 0) is 12.6 Å². The third-order valence-electron chi connectivity index (χ3n) is 2.91. The number of aromatic amines is 1. The lowest BCUT2D eigenvalue weighted by Gasteiger charge is -2.06. The summed E-state index contributed by atoms with van der Waals surface area (Å²) in [5.74, 6) is 0.237. The number of nitrogens with one attached hydrogen (secondary N) is 1. The molecular formula is C14H9F3N4O2. The van der Waals surface area contributed by atoms with Crippen molar-refractivity contribution in [2.45, 2.75) is 12.6 Å². The molecule has 0 saturated heterocycles. The molecule has 3 rings (SSSR count). The zero-order chi connectivity index (χ0) is 16.4. The van der Waals surface area contributed by atoms with Crippen LogP contribution in [0.1, 0.15) is 17.3 Å². The normalized spacial score (nSPS) is 11.6. The first kappa shape index (κ1) is 14.9. The van der Waals surface area contributed by atoms with E-state index in [1.165, 1.54) is 24.3 Å². The Morgan fingerprint density at radius 1 is 1.09 bits per heavy atom. The predicted octanol–water partition coefficient (Wildman–Crippen LogP) is 2.43. The lowest BCUT2D eigenvalue weighted by atomic mass is 10.2. The van der Waals surface area contributed by atoms with Crippen LogP contribution in [0.5, 0.6) is 0 Å². The number of hydrogen-bond acceptors (Lipinski definition) is 5. The highest BCUT2D eigenvalue weighted by molar-refractivity contribution is 5.47. The summed E-state index contributed by atoms with van der Waals surface area (Å²) in [4.78, 5) is 21.3. The van der Waals surface area contributed by atoms with Crippen molar-refractivity contribution >= 4 is 0 Å². The zero-order valence-electron chi connectivity index (χ0n) is 11.5. The van der Waals surface area contributed by atoms with Crippen LogP contribution in [0.2, 0.25) is 0 Å². The molecule has 0 aliphatic carbocycles. The van der Waals surface area contributed by atoms with Crippen molar-refractivity contribution in [3.05, 3.63) is 64.0 Å². The molecule has 0 unspecified atom stereocenters. The highest BCUT2D eigenvalue weighted by atomic mass is 19.4. The largest absolute Gasteiger partial charge is 0.433 e. The molecule has 0 fully saturated rings. The van der Waals surface area contributed by atoms with Gasteiger partial charge >= 0.3 is 6.18 Å². The van der Waals surface area contributed by atoms with E-state index in [1.807, 2.05) is 0 Å². The number of aromatic nitrogens is 4. The Balaban J connectivity index is 1.84. The van der Waals surface area contributed by atoms with Crippen LogP contribution in [0.25, 0.3) is 11.5 Å². The highest BCUT2D eigenvalue weighted by Gasteiger charge is 2.32. The molecule has 3 aromatic rings. The van der Waals surface area contributed by atoms with Crippen LogP contribution in [0.4, 0.5) is 13.2 Å².